The Labute approximate surface area is 151 Å². The molecule has 0 heterocycles. The maximum absolute atomic E-state index is 13.7. The Morgan fingerprint density at radius 1 is 1.19 bits per heavy atom. The summed E-state index contributed by atoms with van der Waals surface area (Å²) in [6, 6.07) is 4.72. The predicted molar refractivity (Wildman–Crippen MR) is 88.7 cm³/mol. The average molecular weight is 385 g/mol. The van der Waals surface area contributed by atoms with Gasteiger partial charge >= 0.3 is 12.1 Å². The number of hydrogen-bond donors (Lipinski definition) is 2. The number of benzene rings is 2. The quantitative estimate of drug-likeness (QED) is 0.743. The van der Waals surface area contributed by atoms with E-state index in [9.17, 15) is 27.2 Å². The molecule has 2 aromatic rings. The molecule has 2 aromatic carbocycles. The van der Waals surface area contributed by atoms with Gasteiger partial charge in [0.05, 0.1) is 17.7 Å². The molecule has 2 N–H and O–H groups in total. The molecular weight excluding hydrogens is 370 g/mol. The molecule has 9 heteroatoms. The third kappa shape index (κ3) is 4.55. The molecule has 2 rings (SSSR count). The van der Waals surface area contributed by atoms with E-state index in [1.54, 1.807) is 0 Å². The molecule has 27 heavy (non-hydrogen) atoms. The molecule has 0 saturated heterocycles. The maximum Gasteiger partial charge on any atom is 0.419 e. The topological polar surface area (TPSA) is 75.6 Å². The smallest absolute Gasteiger partial charge is 0.419 e. The number of carbonyl (C=O) groups excluding carboxylic acids is 1. The number of hydrogen-bond acceptors (Lipinski definition) is 3. The predicted octanol–water partition coefficient (Wildman–Crippen LogP) is 4.50. The Morgan fingerprint density at radius 2 is 1.85 bits per heavy atom. The lowest BCUT2D eigenvalue weighted by molar-refractivity contribution is -0.139. The molecule has 0 fully saturated rings. The van der Waals surface area contributed by atoms with Crippen molar-refractivity contribution in [2.45, 2.75) is 20.0 Å². The number of amides is 1. The van der Waals surface area contributed by atoms with Crippen LogP contribution < -0.4 is 10.1 Å². The maximum atomic E-state index is 13.7. The van der Waals surface area contributed by atoms with Crippen LogP contribution in [0.5, 0.6) is 5.75 Å². The number of anilines is 1. The van der Waals surface area contributed by atoms with Crippen molar-refractivity contribution in [2.24, 2.45) is 0 Å². The van der Waals surface area contributed by atoms with Gasteiger partial charge in [0.15, 0.2) is 0 Å². The fraction of sp³-hybridized carbons (Fsp3) is 0.222. The van der Waals surface area contributed by atoms with E-state index in [-0.39, 0.29) is 29.2 Å². The molecule has 1 amide bonds. The van der Waals surface area contributed by atoms with Crippen LogP contribution in [0.25, 0.3) is 0 Å². The number of carboxylic acid groups (broad SMARTS) is 1. The molecule has 0 unspecified atom stereocenters. The number of alkyl halides is 3. The molecule has 0 aromatic heterocycles. The van der Waals surface area contributed by atoms with E-state index in [1.807, 2.05) is 0 Å². The number of halogens is 4. The number of aryl methyl sites for hydroxylation is 1. The van der Waals surface area contributed by atoms with E-state index in [0.29, 0.717) is 6.07 Å². The lowest BCUT2D eigenvalue weighted by Crippen LogP contribution is -2.16. The van der Waals surface area contributed by atoms with Crippen molar-refractivity contribution in [1.29, 1.82) is 0 Å². The van der Waals surface area contributed by atoms with Crippen molar-refractivity contribution in [3.05, 3.63) is 58.4 Å². The van der Waals surface area contributed by atoms with E-state index < -0.39 is 35.0 Å². The van der Waals surface area contributed by atoms with Crippen molar-refractivity contribution in [3.8, 4) is 5.75 Å². The third-order valence-corrected chi connectivity index (χ3v) is 3.59. The van der Waals surface area contributed by atoms with Gasteiger partial charge in [-0.15, -0.1) is 0 Å². The van der Waals surface area contributed by atoms with Gasteiger partial charge in [0.1, 0.15) is 11.6 Å². The Kier molecular flexibility index (Phi) is 5.72. The summed E-state index contributed by atoms with van der Waals surface area (Å²) in [5.41, 5.74) is -1.97. The monoisotopic (exact) mass is 385 g/mol. The highest BCUT2D eigenvalue weighted by molar-refractivity contribution is 6.05. The van der Waals surface area contributed by atoms with E-state index in [2.05, 4.69) is 5.32 Å². The summed E-state index contributed by atoms with van der Waals surface area (Å²) in [6.45, 7) is 2.93. The molecule has 5 nitrogen and oxygen atoms in total. The molecule has 0 spiro atoms. The zero-order valence-corrected chi connectivity index (χ0v) is 14.3. The number of rotatable bonds is 5. The summed E-state index contributed by atoms with van der Waals surface area (Å²) in [4.78, 5) is 23.1. The summed E-state index contributed by atoms with van der Waals surface area (Å²) >= 11 is 0. The van der Waals surface area contributed by atoms with Crippen LogP contribution in [0, 0.1) is 12.7 Å². The molecular formula is C18H15F4NO4. The van der Waals surface area contributed by atoms with Crippen molar-refractivity contribution in [2.75, 3.05) is 11.9 Å². The fourth-order valence-electron chi connectivity index (χ4n) is 2.42. The van der Waals surface area contributed by atoms with E-state index in [1.165, 1.54) is 19.9 Å². The van der Waals surface area contributed by atoms with Crippen LogP contribution in [0.1, 0.15) is 38.8 Å². The number of aromatic carboxylic acids is 1. The molecule has 144 valence electrons. The van der Waals surface area contributed by atoms with Gasteiger partial charge in [0, 0.05) is 11.3 Å². The Hall–Kier alpha value is -3.10. The third-order valence-electron chi connectivity index (χ3n) is 3.59. The zero-order valence-electron chi connectivity index (χ0n) is 14.3. The highest BCUT2D eigenvalue weighted by Crippen LogP contribution is 2.39. The van der Waals surface area contributed by atoms with Gasteiger partial charge in [0.2, 0.25) is 0 Å². The van der Waals surface area contributed by atoms with Gasteiger partial charge in [-0.3, -0.25) is 4.79 Å². The van der Waals surface area contributed by atoms with Gasteiger partial charge in [0.25, 0.3) is 5.91 Å². The Morgan fingerprint density at radius 3 is 2.37 bits per heavy atom. The minimum atomic E-state index is -4.74. The van der Waals surface area contributed by atoms with Gasteiger partial charge in [-0.1, -0.05) is 0 Å². The van der Waals surface area contributed by atoms with Crippen molar-refractivity contribution >= 4 is 17.6 Å². The summed E-state index contributed by atoms with van der Waals surface area (Å²) in [6.07, 6.45) is -4.74. The van der Waals surface area contributed by atoms with Crippen LogP contribution in [-0.2, 0) is 6.18 Å². The van der Waals surface area contributed by atoms with Crippen molar-refractivity contribution in [1.82, 2.24) is 0 Å². The summed E-state index contributed by atoms with van der Waals surface area (Å²) in [7, 11) is 0. The van der Waals surface area contributed by atoms with Crippen molar-refractivity contribution in [3.63, 3.8) is 0 Å². The zero-order chi connectivity index (χ0) is 20.4. The Bertz CT molecular complexity index is 894. The van der Waals surface area contributed by atoms with Crippen LogP contribution >= 0.6 is 0 Å². The van der Waals surface area contributed by atoms with Gasteiger partial charge in [-0.25, -0.2) is 9.18 Å². The summed E-state index contributed by atoms with van der Waals surface area (Å²) in [5.74, 6) is -3.84. The minimum absolute atomic E-state index is 0.0185. The Balaban J connectivity index is 2.38. The normalized spacial score (nSPS) is 11.2. The minimum Gasteiger partial charge on any atom is -0.493 e. The van der Waals surface area contributed by atoms with Gasteiger partial charge in [-0.05, 0) is 49.7 Å². The molecule has 0 aliphatic heterocycles. The van der Waals surface area contributed by atoms with E-state index in [0.717, 1.165) is 18.2 Å². The molecule has 0 saturated carbocycles. The molecule has 0 atom stereocenters. The van der Waals surface area contributed by atoms with E-state index >= 15 is 0 Å². The molecule has 0 bridgehead atoms. The first-order valence-corrected chi connectivity index (χ1v) is 7.73. The van der Waals surface area contributed by atoms with Crippen LogP contribution in [-0.4, -0.2) is 23.6 Å². The van der Waals surface area contributed by atoms with Crippen LogP contribution in [0.2, 0.25) is 0 Å². The fourth-order valence-corrected chi connectivity index (χ4v) is 2.42. The van der Waals surface area contributed by atoms with Gasteiger partial charge < -0.3 is 15.2 Å². The first-order valence-electron chi connectivity index (χ1n) is 7.73. The highest BCUT2D eigenvalue weighted by Gasteiger charge is 2.36. The van der Waals surface area contributed by atoms with Crippen molar-refractivity contribution < 1.29 is 37.0 Å². The number of nitrogens with one attached hydrogen (secondary N) is 1. The number of ether oxygens (including phenoxy) is 1. The second-order valence-electron chi connectivity index (χ2n) is 5.55. The number of carboxylic acids is 1. The molecule has 0 aliphatic rings. The van der Waals surface area contributed by atoms with Crippen LogP contribution in [0.3, 0.4) is 0 Å². The molecule has 0 aliphatic carbocycles. The summed E-state index contributed by atoms with van der Waals surface area (Å²) < 4.78 is 58.6. The standard InChI is InChI=1S/C18H15F4NO4/c1-3-27-15-9(2)6-10(7-13(15)18(20,21)22)16(24)23-11-4-5-12(17(25)26)14(19)8-11/h4-8H,3H2,1-2H3,(H,23,24)(H,25,26). The highest BCUT2D eigenvalue weighted by atomic mass is 19.4. The lowest BCUT2D eigenvalue weighted by Gasteiger charge is -2.17. The van der Waals surface area contributed by atoms with E-state index in [4.69, 9.17) is 9.84 Å². The second kappa shape index (κ2) is 7.65. The lowest BCUT2D eigenvalue weighted by atomic mass is 10.0. The second-order valence-corrected chi connectivity index (χ2v) is 5.55. The first-order chi connectivity index (χ1) is 12.5. The summed E-state index contributed by atoms with van der Waals surface area (Å²) in [5, 5.41) is 11.0. The average Bonchev–Trinajstić information content (AvgIpc) is 2.55. The SMILES string of the molecule is CCOc1c(C)cc(C(=O)Nc2ccc(C(=O)O)c(F)c2)cc1C(F)(F)F. The van der Waals surface area contributed by atoms with Crippen LogP contribution in [0.4, 0.5) is 23.2 Å². The molecule has 0 radical (unpaired) electrons. The van der Waals surface area contributed by atoms with Crippen LogP contribution in [0.15, 0.2) is 30.3 Å². The largest absolute Gasteiger partial charge is 0.493 e. The van der Waals surface area contributed by atoms with Gasteiger partial charge in [-0.2, -0.15) is 13.2 Å². The first kappa shape index (κ1) is 20.2. The number of carbonyl (C=O) groups is 2.